The van der Waals surface area contributed by atoms with Crippen LogP contribution in [-0.4, -0.2) is 21.5 Å². The largest absolute Gasteiger partial charge is 0.376 e. The monoisotopic (exact) mass is 333 g/mol. The first kappa shape index (κ1) is 14.4. The van der Waals surface area contributed by atoms with Gasteiger partial charge in [0.25, 0.3) is 0 Å². The summed E-state index contributed by atoms with van der Waals surface area (Å²) in [5.41, 5.74) is 3.43. The quantitative estimate of drug-likeness (QED) is 0.736. The van der Waals surface area contributed by atoms with Crippen LogP contribution in [0.2, 0.25) is 5.02 Å². The van der Waals surface area contributed by atoms with Gasteiger partial charge < -0.3 is 9.26 Å². The van der Waals surface area contributed by atoms with Gasteiger partial charge in [0.15, 0.2) is 0 Å². The summed E-state index contributed by atoms with van der Waals surface area (Å²) in [5.74, 6) is 0.439. The molecule has 3 heterocycles. The summed E-state index contributed by atoms with van der Waals surface area (Å²) < 4.78 is 26.0. The van der Waals surface area contributed by atoms with Crippen molar-refractivity contribution in [2.75, 3.05) is 6.61 Å². The van der Waals surface area contributed by atoms with E-state index in [9.17, 15) is 4.39 Å². The van der Waals surface area contributed by atoms with Gasteiger partial charge >= 0.3 is 0 Å². The van der Waals surface area contributed by atoms with Crippen LogP contribution in [0.5, 0.6) is 0 Å². The summed E-state index contributed by atoms with van der Waals surface area (Å²) in [6, 6.07) is 6.47. The van der Waals surface area contributed by atoms with Crippen LogP contribution in [0, 0.1) is 5.82 Å². The van der Waals surface area contributed by atoms with E-state index in [0.29, 0.717) is 19.8 Å². The van der Waals surface area contributed by atoms with Gasteiger partial charge in [0.2, 0.25) is 0 Å². The fraction of sp³-hybridized carbons (Fsp3) is 0.250. The maximum absolute atomic E-state index is 13.3. The van der Waals surface area contributed by atoms with E-state index in [2.05, 4.69) is 10.3 Å². The van der Waals surface area contributed by atoms with Gasteiger partial charge in [-0.1, -0.05) is 16.8 Å². The zero-order valence-electron chi connectivity index (χ0n) is 12.1. The number of halogens is 2. The molecular weight excluding hydrogens is 321 g/mol. The Hall–Kier alpha value is -2.18. The summed E-state index contributed by atoms with van der Waals surface area (Å²) in [5, 5.41) is 8.55. The van der Waals surface area contributed by atoms with Gasteiger partial charge in [-0.2, -0.15) is 5.10 Å². The molecule has 0 saturated heterocycles. The lowest BCUT2D eigenvalue weighted by molar-refractivity contribution is 0.102. The van der Waals surface area contributed by atoms with Crippen LogP contribution >= 0.6 is 11.6 Å². The molecule has 1 aromatic carbocycles. The number of hydrogen-bond donors (Lipinski definition) is 0. The highest BCUT2D eigenvalue weighted by atomic mass is 35.5. The predicted octanol–water partition coefficient (Wildman–Crippen LogP) is 3.45. The third-order valence-corrected chi connectivity index (χ3v) is 4.19. The van der Waals surface area contributed by atoms with Crippen molar-refractivity contribution in [3.05, 3.63) is 58.3 Å². The molecule has 5 nitrogen and oxygen atoms in total. The molecule has 0 fully saturated rings. The summed E-state index contributed by atoms with van der Waals surface area (Å²) >= 11 is 5.87. The standard InChI is InChI=1S/C16H13ClFN3O2/c17-12-7-10(1-2-13(12)18)15-3-5-19-21(15)8-14-11-9-22-6-4-16(11)23-20-14/h1-3,5,7H,4,6,8-9H2. The smallest absolute Gasteiger partial charge is 0.144 e. The van der Waals surface area contributed by atoms with Crippen LogP contribution in [-0.2, 0) is 24.3 Å². The van der Waals surface area contributed by atoms with E-state index >= 15 is 0 Å². The van der Waals surface area contributed by atoms with Crippen molar-refractivity contribution in [2.24, 2.45) is 0 Å². The molecule has 3 aromatic rings. The predicted molar refractivity (Wildman–Crippen MR) is 81.6 cm³/mol. The normalized spacial score (nSPS) is 14.0. The Bertz CT molecular complexity index is 859. The maximum Gasteiger partial charge on any atom is 0.144 e. The summed E-state index contributed by atoms with van der Waals surface area (Å²) in [6.45, 7) is 1.62. The highest BCUT2D eigenvalue weighted by Crippen LogP contribution is 2.26. The average Bonchev–Trinajstić information content (AvgIpc) is 3.18. The van der Waals surface area contributed by atoms with Crippen molar-refractivity contribution in [2.45, 2.75) is 19.6 Å². The average molecular weight is 334 g/mol. The molecule has 0 amide bonds. The molecule has 23 heavy (non-hydrogen) atoms. The fourth-order valence-corrected chi connectivity index (χ4v) is 2.89. The van der Waals surface area contributed by atoms with Crippen LogP contribution in [0.1, 0.15) is 17.0 Å². The van der Waals surface area contributed by atoms with E-state index in [-0.39, 0.29) is 5.02 Å². The van der Waals surface area contributed by atoms with Gasteiger partial charge in [-0.25, -0.2) is 4.39 Å². The Kier molecular flexibility index (Phi) is 3.63. The first-order valence-corrected chi connectivity index (χ1v) is 7.61. The Labute approximate surface area is 136 Å². The lowest BCUT2D eigenvalue weighted by Crippen LogP contribution is -2.11. The third-order valence-electron chi connectivity index (χ3n) is 3.90. The molecule has 0 aliphatic carbocycles. The van der Waals surface area contributed by atoms with Crippen molar-refractivity contribution >= 4 is 11.6 Å². The molecule has 1 aliphatic heterocycles. The Morgan fingerprint density at radius 3 is 3.09 bits per heavy atom. The maximum atomic E-state index is 13.3. The minimum Gasteiger partial charge on any atom is -0.376 e. The second-order valence-corrected chi connectivity index (χ2v) is 5.74. The van der Waals surface area contributed by atoms with E-state index in [1.165, 1.54) is 6.07 Å². The van der Waals surface area contributed by atoms with Crippen LogP contribution in [0.4, 0.5) is 4.39 Å². The molecule has 0 saturated carbocycles. The first-order chi connectivity index (χ1) is 11.2. The van der Waals surface area contributed by atoms with Crippen molar-refractivity contribution in [3.63, 3.8) is 0 Å². The van der Waals surface area contributed by atoms with Gasteiger partial charge in [-0.05, 0) is 24.3 Å². The Balaban J connectivity index is 1.67. The van der Waals surface area contributed by atoms with Crippen molar-refractivity contribution in [3.8, 4) is 11.3 Å². The molecule has 0 spiro atoms. The lowest BCUT2D eigenvalue weighted by atomic mass is 10.1. The number of rotatable bonds is 3. The fourth-order valence-electron chi connectivity index (χ4n) is 2.71. The molecule has 1 aliphatic rings. The first-order valence-electron chi connectivity index (χ1n) is 7.23. The second kappa shape index (κ2) is 5.79. The summed E-state index contributed by atoms with van der Waals surface area (Å²) in [6.07, 6.45) is 2.43. The third kappa shape index (κ3) is 2.64. The molecule has 0 N–H and O–H groups in total. The minimum atomic E-state index is -0.441. The molecule has 118 valence electrons. The van der Waals surface area contributed by atoms with Gasteiger partial charge in [0, 0.05) is 23.7 Å². The van der Waals surface area contributed by atoms with Crippen LogP contribution < -0.4 is 0 Å². The molecule has 0 unspecified atom stereocenters. The van der Waals surface area contributed by atoms with E-state index in [4.69, 9.17) is 20.9 Å². The van der Waals surface area contributed by atoms with E-state index in [0.717, 1.165) is 34.7 Å². The van der Waals surface area contributed by atoms with Gasteiger partial charge in [-0.15, -0.1) is 0 Å². The van der Waals surface area contributed by atoms with Crippen molar-refractivity contribution < 1.29 is 13.7 Å². The molecule has 0 radical (unpaired) electrons. The number of nitrogens with zero attached hydrogens (tertiary/aromatic N) is 3. The molecule has 4 rings (SSSR count). The number of aromatic nitrogens is 3. The topological polar surface area (TPSA) is 53.1 Å². The number of fused-ring (bicyclic) bond motifs is 1. The zero-order valence-corrected chi connectivity index (χ0v) is 12.9. The molecular formula is C16H13ClFN3O2. The van der Waals surface area contributed by atoms with E-state index in [1.807, 2.05) is 6.07 Å². The van der Waals surface area contributed by atoms with Crippen LogP contribution in [0.25, 0.3) is 11.3 Å². The summed E-state index contributed by atoms with van der Waals surface area (Å²) in [7, 11) is 0. The van der Waals surface area contributed by atoms with Gasteiger partial charge in [0.05, 0.1) is 30.5 Å². The highest BCUT2D eigenvalue weighted by molar-refractivity contribution is 6.31. The van der Waals surface area contributed by atoms with Crippen molar-refractivity contribution in [1.29, 1.82) is 0 Å². The van der Waals surface area contributed by atoms with Crippen molar-refractivity contribution in [1.82, 2.24) is 14.9 Å². The molecule has 0 bridgehead atoms. The second-order valence-electron chi connectivity index (χ2n) is 5.34. The zero-order chi connectivity index (χ0) is 15.8. The van der Waals surface area contributed by atoms with Gasteiger partial charge in [0.1, 0.15) is 17.3 Å². The molecule has 7 heteroatoms. The lowest BCUT2D eigenvalue weighted by Gasteiger charge is -2.11. The number of benzene rings is 1. The number of hydrogen-bond acceptors (Lipinski definition) is 4. The molecule has 0 atom stereocenters. The Morgan fingerprint density at radius 1 is 1.30 bits per heavy atom. The van der Waals surface area contributed by atoms with E-state index in [1.54, 1.807) is 23.0 Å². The van der Waals surface area contributed by atoms with Crippen LogP contribution in [0.3, 0.4) is 0 Å². The minimum absolute atomic E-state index is 0.0856. The Morgan fingerprint density at radius 2 is 2.22 bits per heavy atom. The SMILES string of the molecule is Fc1ccc(-c2ccnn2Cc2noc3c2COCC3)cc1Cl. The highest BCUT2D eigenvalue weighted by Gasteiger charge is 2.21. The van der Waals surface area contributed by atoms with E-state index < -0.39 is 5.82 Å². The molecule has 2 aromatic heterocycles. The van der Waals surface area contributed by atoms with Crippen LogP contribution in [0.15, 0.2) is 35.0 Å². The van der Waals surface area contributed by atoms with Gasteiger partial charge in [-0.3, -0.25) is 4.68 Å². The summed E-state index contributed by atoms with van der Waals surface area (Å²) in [4.78, 5) is 0. The number of ether oxygens (including phenoxy) is 1.